The van der Waals surface area contributed by atoms with Gasteiger partial charge >= 0.3 is 0 Å². The Balaban J connectivity index is 1.81. The molecule has 2 aromatic rings. The Morgan fingerprint density at radius 3 is 2.95 bits per heavy atom. The number of fused-ring (bicyclic) bond motifs is 1. The summed E-state index contributed by atoms with van der Waals surface area (Å²) in [6.07, 6.45) is 1.77. The number of phenolic OH excluding ortho intramolecular Hbond substituents is 1. The number of aromatic hydroxyl groups is 1. The van der Waals surface area contributed by atoms with Gasteiger partial charge in [-0.2, -0.15) is 0 Å². The molecule has 0 saturated carbocycles. The van der Waals surface area contributed by atoms with Crippen LogP contribution in [0.5, 0.6) is 11.5 Å². The molecule has 6 nitrogen and oxygen atoms in total. The minimum Gasteiger partial charge on any atom is -0.507 e. The second kappa shape index (κ2) is 5.13. The molecule has 0 radical (unpaired) electrons. The van der Waals surface area contributed by atoms with Crippen LogP contribution in [0.1, 0.15) is 24.4 Å². The summed E-state index contributed by atoms with van der Waals surface area (Å²) in [5.41, 5.74) is 0.902. The molecule has 0 fully saturated rings. The topological polar surface area (TPSA) is 63.4 Å². The number of benzene rings is 1. The number of ether oxygens (including phenoxy) is 1. The minimum atomic E-state index is 0.117. The van der Waals surface area contributed by atoms with Gasteiger partial charge < -0.3 is 14.4 Å². The molecule has 1 unspecified atom stereocenters. The zero-order valence-corrected chi connectivity index (χ0v) is 11.7. The van der Waals surface area contributed by atoms with Crippen molar-refractivity contribution in [1.82, 2.24) is 19.7 Å². The van der Waals surface area contributed by atoms with E-state index < -0.39 is 0 Å². The number of hydrogen-bond donors (Lipinski definition) is 1. The molecule has 1 N–H and O–H groups in total. The number of aromatic nitrogens is 3. The van der Waals surface area contributed by atoms with Crippen molar-refractivity contribution >= 4 is 0 Å². The molecular weight excluding hydrogens is 256 g/mol. The van der Waals surface area contributed by atoms with Crippen LogP contribution < -0.4 is 4.74 Å². The van der Waals surface area contributed by atoms with E-state index >= 15 is 0 Å². The maximum atomic E-state index is 10.1. The molecule has 6 heteroatoms. The Kier molecular flexibility index (Phi) is 3.31. The number of methoxy groups -OCH3 is 1. The lowest BCUT2D eigenvalue weighted by Crippen LogP contribution is -2.35. The Labute approximate surface area is 117 Å². The maximum Gasteiger partial charge on any atom is 0.147 e. The highest BCUT2D eigenvalue weighted by Gasteiger charge is 2.24. The summed E-state index contributed by atoms with van der Waals surface area (Å²) in [5, 5.41) is 18.2. The Hall–Kier alpha value is -2.08. The average Bonchev–Trinajstić information content (AvgIpc) is 2.93. The lowest BCUT2D eigenvalue weighted by atomic mass is 10.0. The Bertz CT molecular complexity index is 611. The summed E-state index contributed by atoms with van der Waals surface area (Å²) in [6, 6.07) is 5.56. The first-order valence-corrected chi connectivity index (χ1v) is 6.66. The van der Waals surface area contributed by atoms with Gasteiger partial charge in [-0.25, -0.2) is 0 Å². The van der Waals surface area contributed by atoms with Gasteiger partial charge in [0.2, 0.25) is 0 Å². The van der Waals surface area contributed by atoms with Crippen molar-refractivity contribution in [1.29, 1.82) is 0 Å². The van der Waals surface area contributed by atoms with Crippen molar-refractivity contribution in [3.63, 3.8) is 0 Å². The van der Waals surface area contributed by atoms with Crippen LogP contribution in [-0.2, 0) is 13.1 Å². The summed E-state index contributed by atoms with van der Waals surface area (Å²) >= 11 is 0. The van der Waals surface area contributed by atoms with Crippen LogP contribution in [0.3, 0.4) is 0 Å². The van der Waals surface area contributed by atoms with Gasteiger partial charge in [0.25, 0.3) is 0 Å². The first-order valence-electron chi connectivity index (χ1n) is 6.66. The smallest absolute Gasteiger partial charge is 0.147 e. The highest BCUT2D eigenvalue weighted by molar-refractivity contribution is 5.41. The maximum absolute atomic E-state index is 10.1. The summed E-state index contributed by atoms with van der Waals surface area (Å²) < 4.78 is 7.18. The van der Waals surface area contributed by atoms with Gasteiger partial charge in [0.05, 0.1) is 13.7 Å². The van der Waals surface area contributed by atoms with Gasteiger partial charge in [0, 0.05) is 30.8 Å². The molecule has 1 aromatic carbocycles. The van der Waals surface area contributed by atoms with Crippen molar-refractivity contribution in [2.24, 2.45) is 0 Å². The van der Waals surface area contributed by atoms with E-state index in [0.29, 0.717) is 5.75 Å². The average molecular weight is 274 g/mol. The van der Waals surface area contributed by atoms with Gasteiger partial charge in [0.15, 0.2) is 0 Å². The quantitative estimate of drug-likeness (QED) is 0.920. The van der Waals surface area contributed by atoms with E-state index in [2.05, 4.69) is 26.6 Å². The molecule has 1 aromatic heterocycles. The van der Waals surface area contributed by atoms with Gasteiger partial charge in [-0.05, 0) is 13.0 Å². The number of nitrogens with zero attached hydrogens (tertiary/aromatic N) is 4. The Morgan fingerprint density at radius 1 is 1.35 bits per heavy atom. The summed E-state index contributed by atoms with van der Waals surface area (Å²) in [4.78, 5) is 2.28. The van der Waals surface area contributed by atoms with E-state index in [4.69, 9.17) is 4.74 Å². The third-order valence-corrected chi connectivity index (χ3v) is 3.90. The second-order valence-electron chi connectivity index (χ2n) is 5.01. The van der Waals surface area contributed by atoms with Crippen LogP contribution in [0, 0.1) is 0 Å². The summed E-state index contributed by atoms with van der Waals surface area (Å²) in [5.74, 6) is 1.90. The van der Waals surface area contributed by atoms with Gasteiger partial charge in [0.1, 0.15) is 23.7 Å². The number of hydrogen-bond acceptors (Lipinski definition) is 5. The zero-order valence-electron chi connectivity index (χ0n) is 11.7. The fourth-order valence-corrected chi connectivity index (χ4v) is 2.62. The molecule has 20 heavy (non-hydrogen) atoms. The monoisotopic (exact) mass is 274 g/mol. The normalized spacial score (nSPS) is 16.7. The van der Waals surface area contributed by atoms with Crippen LogP contribution in [0.4, 0.5) is 0 Å². The first-order chi connectivity index (χ1) is 9.69. The van der Waals surface area contributed by atoms with Crippen LogP contribution in [0.25, 0.3) is 0 Å². The van der Waals surface area contributed by atoms with Gasteiger partial charge in [-0.3, -0.25) is 4.90 Å². The molecule has 0 spiro atoms. The van der Waals surface area contributed by atoms with Crippen LogP contribution in [0.15, 0.2) is 24.5 Å². The molecule has 0 amide bonds. The van der Waals surface area contributed by atoms with E-state index in [9.17, 15) is 5.11 Å². The third-order valence-electron chi connectivity index (χ3n) is 3.90. The van der Waals surface area contributed by atoms with Crippen molar-refractivity contribution in [3.8, 4) is 11.5 Å². The molecule has 3 rings (SSSR count). The van der Waals surface area contributed by atoms with Crippen molar-refractivity contribution < 1.29 is 9.84 Å². The SMILES string of the molecule is COc1ccc(C(C)N2CCn3cnnc3C2)c(O)c1. The molecular formula is C14H18N4O2. The lowest BCUT2D eigenvalue weighted by Gasteiger charge is -2.32. The van der Waals surface area contributed by atoms with Crippen LogP contribution in [0.2, 0.25) is 0 Å². The summed E-state index contributed by atoms with van der Waals surface area (Å²) in [7, 11) is 1.59. The summed E-state index contributed by atoms with van der Waals surface area (Å²) in [6.45, 7) is 4.63. The van der Waals surface area contributed by atoms with E-state index in [0.717, 1.165) is 31.0 Å². The third kappa shape index (κ3) is 2.22. The van der Waals surface area contributed by atoms with Gasteiger partial charge in [-0.15, -0.1) is 10.2 Å². The number of rotatable bonds is 3. The van der Waals surface area contributed by atoms with E-state index in [1.165, 1.54) is 0 Å². The second-order valence-corrected chi connectivity index (χ2v) is 5.01. The van der Waals surface area contributed by atoms with E-state index in [-0.39, 0.29) is 11.8 Å². The van der Waals surface area contributed by atoms with Crippen molar-refractivity contribution in [3.05, 3.63) is 35.9 Å². The molecule has 0 bridgehead atoms. The molecule has 1 aliphatic heterocycles. The van der Waals surface area contributed by atoms with Crippen LogP contribution >= 0.6 is 0 Å². The molecule has 2 heterocycles. The largest absolute Gasteiger partial charge is 0.507 e. The van der Waals surface area contributed by atoms with Crippen molar-refractivity contribution in [2.45, 2.75) is 26.1 Å². The van der Waals surface area contributed by atoms with Crippen molar-refractivity contribution in [2.75, 3.05) is 13.7 Å². The fourth-order valence-electron chi connectivity index (χ4n) is 2.62. The van der Waals surface area contributed by atoms with Gasteiger partial charge in [-0.1, -0.05) is 6.07 Å². The standard InChI is InChI=1S/C14H18N4O2/c1-10(12-4-3-11(20-2)7-13(12)19)17-5-6-18-9-15-16-14(18)8-17/h3-4,7,9-10,19H,5-6,8H2,1-2H3. The minimum absolute atomic E-state index is 0.117. The Morgan fingerprint density at radius 2 is 2.20 bits per heavy atom. The fraction of sp³-hybridized carbons (Fsp3) is 0.429. The highest BCUT2D eigenvalue weighted by atomic mass is 16.5. The molecule has 0 saturated heterocycles. The van der Waals surface area contributed by atoms with E-state index in [1.807, 2.05) is 12.1 Å². The highest BCUT2D eigenvalue weighted by Crippen LogP contribution is 2.32. The molecule has 1 atom stereocenters. The predicted octanol–water partition coefficient (Wildman–Crippen LogP) is 1.57. The molecule has 1 aliphatic rings. The predicted molar refractivity (Wildman–Crippen MR) is 73.5 cm³/mol. The lowest BCUT2D eigenvalue weighted by molar-refractivity contribution is 0.161. The zero-order chi connectivity index (χ0) is 14.1. The first kappa shape index (κ1) is 12.9. The van der Waals surface area contributed by atoms with Crippen LogP contribution in [-0.4, -0.2) is 38.4 Å². The molecule has 0 aliphatic carbocycles. The molecule has 106 valence electrons. The number of phenols is 1. The van der Waals surface area contributed by atoms with E-state index in [1.54, 1.807) is 19.5 Å².